The zero-order valence-electron chi connectivity index (χ0n) is 9.98. The van der Waals surface area contributed by atoms with Crippen molar-refractivity contribution < 1.29 is 15.0 Å². The first-order valence-electron chi connectivity index (χ1n) is 5.50. The first-order valence-corrected chi connectivity index (χ1v) is 5.88. The summed E-state index contributed by atoms with van der Waals surface area (Å²) in [6.45, 7) is 3.34. The molecule has 1 aromatic carbocycles. The van der Waals surface area contributed by atoms with Crippen LogP contribution < -0.4 is 0 Å². The predicted octanol–water partition coefficient (Wildman–Crippen LogP) is 3.06. The van der Waals surface area contributed by atoms with E-state index in [4.69, 9.17) is 11.6 Å². The minimum absolute atomic E-state index is 0.388. The maximum atomic E-state index is 11.2. The number of aliphatic hydroxyl groups is 1. The fraction of sp³-hybridized carbons (Fsp3) is 0.462. The number of carboxylic acids is 1. The maximum absolute atomic E-state index is 11.2. The first-order chi connectivity index (χ1) is 7.79. The van der Waals surface area contributed by atoms with Gasteiger partial charge in [0.1, 0.15) is 0 Å². The summed E-state index contributed by atoms with van der Waals surface area (Å²) in [5.41, 5.74) is -0.180. The fourth-order valence-corrected chi connectivity index (χ4v) is 1.85. The van der Waals surface area contributed by atoms with E-state index in [0.717, 1.165) is 0 Å². The summed E-state index contributed by atoms with van der Waals surface area (Å²) in [6, 6.07) is 6.84. The smallest absolute Gasteiger partial charge is 0.310 e. The molecule has 4 heteroatoms. The highest BCUT2D eigenvalue weighted by atomic mass is 35.5. The molecule has 3 nitrogen and oxygen atoms in total. The topological polar surface area (TPSA) is 57.5 Å². The Morgan fingerprint density at radius 1 is 1.47 bits per heavy atom. The molecule has 0 aromatic heterocycles. The molecule has 0 aliphatic heterocycles. The van der Waals surface area contributed by atoms with Crippen molar-refractivity contribution in [3.63, 3.8) is 0 Å². The van der Waals surface area contributed by atoms with Gasteiger partial charge in [-0.3, -0.25) is 4.79 Å². The van der Waals surface area contributed by atoms with E-state index in [1.54, 1.807) is 38.1 Å². The second-order valence-corrected chi connectivity index (χ2v) is 5.23. The average molecular weight is 257 g/mol. The number of hydrogen-bond acceptors (Lipinski definition) is 2. The highest BCUT2D eigenvalue weighted by Gasteiger charge is 2.23. The molecular weight excluding hydrogens is 240 g/mol. The van der Waals surface area contributed by atoms with Crippen molar-refractivity contribution in [1.29, 1.82) is 0 Å². The van der Waals surface area contributed by atoms with Gasteiger partial charge in [-0.15, -0.1) is 0 Å². The molecule has 0 saturated heterocycles. The van der Waals surface area contributed by atoms with Crippen LogP contribution >= 0.6 is 11.6 Å². The van der Waals surface area contributed by atoms with E-state index in [1.165, 1.54) is 0 Å². The maximum Gasteiger partial charge on any atom is 0.310 e. The van der Waals surface area contributed by atoms with E-state index >= 15 is 0 Å². The Morgan fingerprint density at radius 3 is 2.59 bits per heavy atom. The average Bonchev–Trinajstić information content (AvgIpc) is 2.15. The van der Waals surface area contributed by atoms with Gasteiger partial charge in [-0.25, -0.2) is 0 Å². The largest absolute Gasteiger partial charge is 0.481 e. The molecule has 2 N–H and O–H groups in total. The summed E-state index contributed by atoms with van der Waals surface area (Å²) in [6.07, 6.45) is 0.815. The molecule has 0 bridgehead atoms. The third kappa shape index (κ3) is 4.75. The highest BCUT2D eigenvalue weighted by molar-refractivity contribution is 6.30. The molecule has 0 saturated carbocycles. The molecule has 0 heterocycles. The van der Waals surface area contributed by atoms with Crippen LogP contribution in [0.5, 0.6) is 0 Å². The quantitative estimate of drug-likeness (QED) is 0.851. The third-order valence-electron chi connectivity index (χ3n) is 2.59. The summed E-state index contributed by atoms with van der Waals surface area (Å²) in [5, 5.41) is 19.3. The van der Waals surface area contributed by atoms with Crippen molar-refractivity contribution in [3.8, 4) is 0 Å². The van der Waals surface area contributed by atoms with Gasteiger partial charge in [0.25, 0.3) is 0 Å². The number of carboxylic acid groups (broad SMARTS) is 1. The number of carbonyl (C=O) groups is 1. The van der Waals surface area contributed by atoms with Crippen LogP contribution in [-0.4, -0.2) is 21.8 Å². The lowest BCUT2D eigenvalue weighted by atomic mass is 9.90. The van der Waals surface area contributed by atoms with Crippen LogP contribution in [0.25, 0.3) is 0 Å². The Bertz CT molecular complexity index is 396. The monoisotopic (exact) mass is 256 g/mol. The van der Waals surface area contributed by atoms with Gasteiger partial charge >= 0.3 is 5.97 Å². The predicted molar refractivity (Wildman–Crippen MR) is 67.4 cm³/mol. The van der Waals surface area contributed by atoms with Crippen molar-refractivity contribution >= 4 is 17.6 Å². The van der Waals surface area contributed by atoms with Gasteiger partial charge in [-0.1, -0.05) is 23.7 Å². The summed E-state index contributed by atoms with van der Waals surface area (Å²) in [5.74, 6) is -1.52. The van der Waals surface area contributed by atoms with Crippen LogP contribution in [0.2, 0.25) is 5.02 Å². The zero-order chi connectivity index (χ0) is 13.1. The number of halogens is 1. The molecule has 0 fully saturated rings. The minimum Gasteiger partial charge on any atom is -0.481 e. The summed E-state index contributed by atoms with van der Waals surface area (Å²) in [4.78, 5) is 11.2. The van der Waals surface area contributed by atoms with Crippen LogP contribution in [0, 0.1) is 0 Å². The molecule has 0 aliphatic rings. The van der Waals surface area contributed by atoms with Gasteiger partial charge in [0.2, 0.25) is 0 Å². The molecule has 0 spiro atoms. The van der Waals surface area contributed by atoms with Crippen LogP contribution in [0.15, 0.2) is 24.3 Å². The van der Waals surface area contributed by atoms with Gasteiger partial charge < -0.3 is 10.2 Å². The summed E-state index contributed by atoms with van der Waals surface area (Å²) < 4.78 is 0. The van der Waals surface area contributed by atoms with Gasteiger partial charge in [-0.2, -0.15) is 0 Å². The van der Waals surface area contributed by atoms with Gasteiger partial charge in [-0.05, 0) is 44.4 Å². The van der Waals surface area contributed by atoms with Crippen LogP contribution in [0.4, 0.5) is 0 Å². The number of benzene rings is 1. The lowest BCUT2D eigenvalue weighted by molar-refractivity contribution is -0.139. The lowest BCUT2D eigenvalue weighted by Crippen LogP contribution is -2.21. The molecule has 1 atom stereocenters. The van der Waals surface area contributed by atoms with Gasteiger partial charge in [0, 0.05) is 5.02 Å². The summed E-state index contributed by atoms with van der Waals surface area (Å²) in [7, 11) is 0. The zero-order valence-corrected chi connectivity index (χ0v) is 10.7. The van der Waals surface area contributed by atoms with Crippen molar-refractivity contribution in [2.75, 3.05) is 0 Å². The standard InChI is InChI=1S/C13H17ClO3/c1-13(2,17)7-6-11(12(15)16)9-4-3-5-10(14)8-9/h3-5,8,11,17H,6-7H2,1-2H3,(H,15,16). The van der Waals surface area contributed by atoms with E-state index in [0.29, 0.717) is 23.4 Å². The van der Waals surface area contributed by atoms with Gasteiger partial charge in [0.15, 0.2) is 0 Å². The Kier molecular flexibility index (Phi) is 4.54. The van der Waals surface area contributed by atoms with Crippen molar-refractivity contribution in [3.05, 3.63) is 34.9 Å². The SMILES string of the molecule is CC(C)(O)CCC(C(=O)O)c1cccc(Cl)c1. The summed E-state index contributed by atoms with van der Waals surface area (Å²) >= 11 is 5.84. The number of aliphatic carboxylic acids is 1. The molecule has 1 rings (SSSR count). The van der Waals surface area contributed by atoms with Crippen molar-refractivity contribution in [1.82, 2.24) is 0 Å². The van der Waals surface area contributed by atoms with Crippen LogP contribution in [-0.2, 0) is 4.79 Å². The second-order valence-electron chi connectivity index (χ2n) is 4.80. The number of rotatable bonds is 5. The van der Waals surface area contributed by atoms with E-state index < -0.39 is 17.5 Å². The van der Waals surface area contributed by atoms with Crippen LogP contribution in [0.1, 0.15) is 38.2 Å². The van der Waals surface area contributed by atoms with Crippen LogP contribution in [0.3, 0.4) is 0 Å². The second kappa shape index (κ2) is 5.52. The molecule has 0 radical (unpaired) electrons. The minimum atomic E-state index is -0.892. The Hall–Kier alpha value is -1.06. The van der Waals surface area contributed by atoms with E-state index in [9.17, 15) is 15.0 Å². The van der Waals surface area contributed by atoms with E-state index in [-0.39, 0.29) is 0 Å². The first kappa shape index (κ1) is 14.0. The lowest BCUT2D eigenvalue weighted by Gasteiger charge is -2.20. The van der Waals surface area contributed by atoms with E-state index in [1.807, 2.05) is 0 Å². The normalized spacial score (nSPS) is 13.4. The molecule has 17 heavy (non-hydrogen) atoms. The molecule has 1 unspecified atom stereocenters. The van der Waals surface area contributed by atoms with E-state index in [2.05, 4.69) is 0 Å². The molecule has 0 aliphatic carbocycles. The Morgan fingerprint density at radius 2 is 2.12 bits per heavy atom. The third-order valence-corrected chi connectivity index (χ3v) is 2.83. The Balaban J connectivity index is 2.83. The highest BCUT2D eigenvalue weighted by Crippen LogP contribution is 2.26. The van der Waals surface area contributed by atoms with Gasteiger partial charge in [0.05, 0.1) is 11.5 Å². The number of hydrogen-bond donors (Lipinski definition) is 2. The fourth-order valence-electron chi connectivity index (χ4n) is 1.65. The Labute approximate surface area is 106 Å². The van der Waals surface area contributed by atoms with Crippen molar-refractivity contribution in [2.45, 2.75) is 38.2 Å². The molecular formula is C13H17ClO3. The molecule has 0 amide bonds. The van der Waals surface area contributed by atoms with Crippen molar-refractivity contribution in [2.24, 2.45) is 0 Å². The molecule has 1 aromatic rings. The molecule has 94 valence electrons.